The fourth-order valence-electron chi connectivity index (χ4n) is 3.78. The molecule has 4 nitrogen and oxygen atoms in total. The maximum absolute atomic E-state index is 10.1. The molecule has 1 N–H and O–H groups in total. The number of hydrogen-bond donors (Lipinski definition) is 1. The van der Waals surface area contributed by atoms with E-state index in [0.29, 0.717) is 5.75 Å². The van der Waals surface area contributed by atoms with Crippen molar-refractivity contribution in [3.8, 4) is 33.9 Å². The highest BCUT2D eigenvalue weighted by molar-refractivity contribution is 6.32. The normalized spacial score (nSPS) is 11.1. The molecule has 146 valence electrons. The first-order valence-electron chi connectivity index (χ1n) is 9.45. The summed E-state index contributed by atoms with van der Waals surface area (Å²) in [6.07, 6.45) is 3.61. The van der Waals surface area contributed by atoms with E-state index in [1.807, 2.05) is 42.6 Å². The minimum Gasteiger partial charge on any atom is -0.503 e. The van der Waals surface area contributed by atoms with Gasteiger partial charge in [-0.3, -0.25) is 4.98 Å². The number of phenols is 1. The molecular formula is C25H17ClN2O2. The van der Waals surface area contributed by atoms with Crippen LogP contribution in [0.3, 0.4) is 0 Å². The largest absolute Gasteiger partial charge is 0.503 e. The van der Waals surface area contributed by atoms with E-state index in [0.717, 1.165) is 44.1 Å². The Morgan fingerprint density at radius 2 is 1.80 bits per heavy atom. The number of methoxy groups -OCH3 is 1. The molecule has 2 aromatic heterocycles. The summed E-state index contributed by atoms with van der Waals surface area (Å²) in [5.74, 6) is 0.225. The summed E-state index contributed by atoms with van der Waals surface area (Å²) in [5.41, 5.74) is 4.39. The number of halogens is 1. The SMILES string of the molecule is COc1cc(-c2cc(-c3cccnc3)c3c(ccc4ccccc43)n2)cc(Cl)c1O. The summed E-state index contributed by atoms with van der Waals surface area (Å²) in [6, 6.07) is 21.8. The Hall–Kier alpha value is -3.63. The molecule has 0 aliphatic heterocycles. The summed E-state index contributed by atoms with van der Waals surface area (Å²) < 4.78 is 5.28. The molecule has 0 fully saturated rings. The Balaban J connectivity index is 1.87. The van der Waals surface area contributed by atoms with Crippen LogP contribution in [0.5, 0.6) is 11.5 Å². The van der Waals surface area contributed by atoms with Gasteiger partial charge in [0.2, 0.25) is 0 Å². The smallest absolute Gasteiger partial charge is 0.176 e. The number of nitrogens with zero attached hydrogens (tertiary/aromatic N) is 2. The summed E-state index contributed by atoms with van der Waals surface area (Å²) in [6.45, 7) is 0. The minimum absolute atomic E-state index is 0.0813. The van der Waals surface area contributed by atoms with Crippen LogP contribution in [0.15, 0.2) is 79.1 Å². The van der Waals surface area contributed by atoms with Crippen molar-refractivity contribution in [2.45, 2.75) is 0 Å². The van der Waals surface area contributed by atoms with Crippen LogP contribution in [0.4, 0.5) is 0 Å². The average molecular weight is 413 g/mol. The van der Waals surface area contributed by atoms with Crippen LogP contribution in [0.1, 0.15) is 0 Å². The molecule has 0 radical (unpaired) electrons. The molecule has 0 spiro atoms. The lowest BCUT2D eigenvalue weighted by Crippen LogP contribution is -1.93. The minimum atomic E-state index is -0.0813. The molecular weight excluding hydrogens is 396 g/mol. The summed E-state index contributed by atoms with van der Waals surface area (Å²) in [5, 5.41) is 13.7. The Kier molecular flexibility index (Phi) is 4.49. The number of pyridine rings is 2. The van der Waals surface area contributed by atoms with Gasteiger partial charge < -0.3 is 9.84 Å². The van der Waals surface area contributed by atoms with Gasteiger partial charge in [0.1, 0.15) is 0 Å². The number of benzene rings is 3. The van der Waals surface area contributed by atoms with Crippen molar-refractivity contribution in [2.75, 3.05) is 7.11 Å². The quantitative estimate of drug-likeness (QED) is 0.344. The van der Waals surface area contributed by atoms with Gasteiger partial charge in [-0.15, -0.1) is 0 Å². The number of rotatable bonds is 3. The van der Waals surface area contributed by atoms with Gasteiger partial charge in [0.05, 0.1) is 23.3 Å². The first-order chi connectivity index (χ1) is 14.7. The van der Waals surface area contributed by atoms with Crippen LogP contribution < -0.4 is 4.74 Å². The molecule has 0 amide bonds. The van der Waals surface area contributed by atoms with E-state index in [9.17, 15) is 5.11 Å². The molecule has 30 heavy (non-hydrogen) atoms. The Morgan fingerprint density at radius 1 is 0.933 bits per heavy atom. The number of aromatic nitrogens is 2. The number of phenolic OH excluding ortho intramolecular Hbond substituents is 1. The fraction of sp³-hybridized carbons (Fsp3) is 0.0400. The molecule has 2 heterocycles. The molecule has 3 aromatic carbocycles. The van der Waals surface area contributed by atoms with Crippen LogP contribution in [0, 0.1) is 0 Å². The van der Waals surface area contributed by atoms with Gasteiger partial charge in [-0.05, 0) is 46.7 Å². The molecule has 0 unspecified atom stereocenters. The lowest BCUT2D eigenvalue weighted by atomic mass is 9.95. The Morgan fingerprint density at radius 3 is 2.60 bits per heavy atom. The van der Waals surface area contributed by atoms with Gasteiger partial charge in [0.15, 0.2) is 11.5 Å². The van der Waals surface area contributed by atoms with Crippen molar-refractivity contribution < 1.29 is 9.84 Å². The second-order valence-corrected chi connectivity index (χ2v) is 7.39. The van der Waals surface area contributed by atoms with E-state index >= 15 is 0 Å². The van der Waals surface area contributed by atoms with Crippen LogP contribution >= 0.6 is 11.6 Å². The molecule has 0 aliphatic carbocycles. The monoisotopic (exact) mass is 412 g/mol. The second kappa shape index (κ2) is 7.32. The molecule has 0 saturated carbocycles. The second-order valence-electron chi connectivity index (χ2n) is 6.99. The molecule has 5 aromatic rings. The zero-order chi connectivity index (χ0) is 20.7. The van der Waals surface area contributed by atoms with E-state index < -0.39 is 0 Å². The van der Waals surface area contributed by atoms with Gasteiger partial charge in [-0.2, -0.15) is 0 Å². The van der Waals surface area contributed by atoms with Crippen molar-refractivity contribution >= 4 is 33.3 Å². The summed E-state index contributed by atoms with van der Waals surface area (Å²) in [4.78, 5) is 9.22. The van der Waals surface area contributed by atoms with Gasteiger partial charge >= 0.3 is 0 Å². The van der Waals surface area contributed by atoms with Crippen molar-refractivity contribution in [3.05, 3.63) is 84.1 Å². The van der Waals surface area contributed by atoms with Crippen LogP contribution in [-0.2, 0) is 0 Å². The molecule has 0 aliphatic rings. The maximum Gasteiger partial charge on any atom is 0.176 e. The first-order valence-corrected chi connectivity index (χ1v) is 9.83. The van der Waals surface area contributed by atoms with Gasteiger partial charge in [0, 0.05) is 28.9 Å². The fourth-order valence-corrected chi connectivity index (χ4v) is 3.99. The predicted molar refractivity (Wildman–Crippen MR) is 121 cm³/mol. The summed E-state index contributed by atoms with van der Waals surface area (Å²) >= 11 is 6.23. The third kappa shape index (κ3) is 3.02. The molecule has 0 saturated heterocycles. The highest BCUT2D eigenvalue weighted by atomic mass is 35.5. The van der Waals surface area contributed by atoms with E-state index in [2.05, 4.69) is 23.2 Å². The van der Waals surface area contributed by atoms with Crippen molar-refractivity contribution in [3.63, 3.8) is 0 Å². The number of aromatic hydroxyl groups is 1. The molecule has 5 rings (SSSR count). The van der Waals surface area contributed by atoms with E-state index in [1.54, 1.807) is 18.3 Å². The highest BCUT2D eigenvalue weighted by Crippen LogP contribution is 2.40. The highest BCUT2D eigenvalue weighted by Gasteiger charge is 2.15. The molecule has 0 atom stereocenters. The summed E-state index contributed by atoms with van der Waals surface area (Å²) in [7, 11) is 1.50. The topological polar surface area (TPSA) is 55.2 Å². The van der Waals surface area contributed by atoms with Crippen molar-refractivity contribution in [2.24, 2.45) is 0 Å². The van der Waals surface area contributed by atoms with E-state index in [4.69, 9.17) is 21.3 Å². The molecule has 5 heteroatoms. The average Bonchev–Trinajstić information content (AvgIpc) is 2.80. The lowest BCUT2D eigenvalue weighted by molar-refractivity contribution is 0.374. The number of ether oxygens (including phenoxy) is 1. The first kappa shape index (κ1) is 18.4. The zero-order valence-electron chi connectivity index (χ0n) is 16.1. The van der Waals surface area contributed by atoms with Crippen molar-refractivity contribution in [1.82, 2.24) is 9.97 Å². The third-order valence-electron chi connectivity index (χ3n) is 5.21. The van der Waals surface area contributed by atoms with Gasteiger partial charge in [-0.1, -0.05) is 48.0 Å². The Bertz CT molecular complexity index is 1400. The van der Waals surface area contributed by atoms with Crippen LogP contribution in [0.2, 0.25) is 5.02 Å². The predicted octanol–water partition coefficient (Wildman–Crippen LogP) is 6.48. The van der Waals surface area contributed by atoms with Gasteiger partial charge in [0.25, 0.3) is 0 Å². The Labute approximate surface area is 178 Å². The lowest BCUT2D eigenvalue weighted by Gasteiger charge is -2.14. The molecule has 0 bridgehead atoms. The number of hydrogen-bond acceptors (Lipinski definition) is 4. The maximum atomic E-state index is 10.1. The van der Waals surface area contributed by atoms with Crippen LogP contribution in [-0.4, -0.2) is 22.2 Å². The zero-order valence-corrected chi connectivity index (χ0v) is 16.9. The van der Waals surface area contributed by atoms with E-state index in [1.165, 1.54) is 7.11 Å². The van der Waals surface area contributed by atoms with Crippen LogP contribution in [0.25, 0.3) is 44.1 Å². The third-order valence-corrected chi connectivity index (χ3v) is 5.50. The number of fused-ring (bicyclic) bond motifs is 3. The standard InChI is InChI=1S/C25H17ClN2O2/c1-30-23-12-17(11-20(26)25(23)29)22-13-19(16-6-4-10-27-14-16)24-18-7-3-2-5-15(18)8-9-21(24)28-22/h2-14,29H,1H3. The van der Waals surface area contributed by atoms with Gasteiger partial charge in [-0.25, -0.2) is 4.98 Å². The van der Waals surface area contributed by atoms with E-state index in [-0.39, 0.29) is 10.8 Å². The van der Waals surface area contributed by atoms with Crippen molar-refractivity contribution in [1.29, 1.82) is 0 Å².